The van der Waals surface area contributed by atoms with Crippen LogP contribution in [0.1, 0.15) is 40.0 Å². The first kappa shape index (κ1) is 11.0. The van der Waals surface area contributed by atoms with Crippen molar-refractivity contribution in [3.63, 3.8) is 0 Å². The van der Waals surface area contributed by atoms with Crippen molar-refractivity contribution in [1.82, 2.24) is 0 Å². The van der Waals surface area contributed by atoms with Crippen LogP contribution in [0.4, 0.5) is 0 Å². The molecular weight excluding hydrogens is 178 g/mol. The maximum Gasteiger partial charge on any atom is 0.103 e. The van der Waals surface area contributed by atoms with Gasteiger partial charge in [0, 0.05) is 0 Å². The van der Waals surface area contributed by atoms with Gasteiger partial charge in [-0.3, -0.25) is 0 Å². The molecule has 0 spiro atoms. The van der Waals surface area contributed by atoms with E-state index in [-0.39, 0.29) is 5.41 Å². The lowest BCUT2D eigenvalue weighted by Gasteiger charge is -2.34. The molecule has 1 saturated carbocycles. The molecule has 0 bridgehead atoms. The predicted octanol–water partition coefficient (Wildman–Crippen LogP) is 1.98. The molecule has 3 N–H and O–H groups in total. The van der Waals surface area contributed by atoms with E-state index in [4.69, 9.17) is 11.0 Å². The standard InChI is InChI=1S/C10H19N3O/c1-10(2,3)7-4-5-8(12-11)9(6-7)13-14/h7,14H,4-6,11H2,1-3H3/b12-8+,13-9+. The van der Waals surface area contributed by atoms with Crippen molar-refractivity contribution in [2.75, 3.05) is 0 Å². The molecule has 1 fully saturated rings. The van der Waals surface area contributed by atoms with Gasteiger partial charge < -0.3 is 11.0 Å². The largest absolute Gasteiger partial charge is 0.411 e. The molecule has 1 aliphatic carbocycles. The Balaban J connectivity index is 2.77. The van der Waals surface area contributed by atoms with E-state index in [9.17, 15) is 0 Å². The van der Waals surface area contributed by atoms with Crippen LogP contribution < -0.4 is 5.84 Å². The molecule has 0 aliphatic heterocycles. The van der Waals surface area contributed by atoms with Gasteiger partial charge in [0.05, 0.1) is 5.71 Å². The van der Waals surface area contributed by atoms with Gasteiger partial charge in [-0.05, 0) is 30.6 Å². The van der Waals surface area contributed by atoms with Gasteiger partial charge in [-0.1, -0.05) is 25.9 Å². The molecule has 0 radical (unpaired) electrons. The lowest BCUT2D eigenvalue weighted by atomic mass is 9.71. The Morgan fingerprint density at radius 2 is 2.00 bits per heavy atom. The topological polar surface area (TPSA) is 71.0 Å². The fourth-order valence-corrected chi connectivity index (χ4v) is 1.89. The summed E-state index contributed by atoms with van der Waals surface area (Å²) in [7, 11) is 0. The van der Waals surface area contributed by atoms with E-state index >= 15 is 0 Å². The lowest BCUT2D eigenvalue weighted by molar-refractivity contribution is 0.229. The minimum absolute atomic E-state index is 0.246. The first-order chi connectivity index (χ1) is 6.49. The molecular formula is C10H19N3O. The Morgan fingerprint density at radius 1 is 1.36 bits per heavy atom. The molecule has 14 heavy (non-hydrogen) atoms. The SMILES string of the molecule is CC(C)(C)C1CCC(=N\N)/C(=N/O)C1. The second-order valence-corrected chi connectivity index (χ2v) is 4.93. The molecule has 1 rings (SSSR count). The fourth-order valence-electron chi connectivity index (χ4n) is 1.89. The molecule has 80 valence electrons. The number of hydrogen-bond acceptors (Lipinski definition) is 4. The van der Waals surface area contributed by atoms with Crippen LogP contribution in [0.5, 0.6) is 0 Å². The third kappa shape index (κ3) is 2.25. The number of nitrogens with two attached hydrogens (primary N) is 1. The Kier molecular flexibility index (Phi) is 3.13. The molecule has 0 amide bonds. The van der Waals surface area contributed by atoms with Gasteiger partial charge in [-0.2, -0.15) is 5.10 Å². The van der Waals surface area contributed by atoms with Crippen LogP contribution in [0.15, 0.2) is 10.3 Å². The monoisotopic (exact) mass is 197 g/mol. The highest BCUT2D eigenvalue weighted by molar-refractivity contribution is 6.42. The van der Waals surface area contributed by atoms with Crippen LogP contribution in [0, 0.1) is 11.3 Å². The second kappa shape index (κ2) is 3.98. The highest BCUT2D eigenvalue weighted by atomic mass is 16.4. The first-order valence-electron chi connectivity index (χ1n) is 4.97. The van der Waals surface area contributed by atoms with Gasteiger partial charge in [0.25, 0.3) is 0 Å². The summed E-state index contributed by atoms with van der Waals surface area (Å²) >= 11 is 0. The van der Waals surface area contributed by atoms with E-state index in [0.29, 0.717) is 11.6 Å². The van der Waals surface area contributed by atoms with Crippen LogP contribution in [-0.2, 0) is 0 Å². The lowest BCUT2D eigenvalue weighted by Crippen LogP contribution is -2.33. The maximum atomic E-state index is 8.83. The van der Waals surface area contributed by atoms with Crippen molar-refractivity contribution in [2.24, 2.45) is 27.4 Å². The molecule has 0 aromatic heterocycles. The summed E-state index contributed by atoms with van der Waals surface area (Å²) in [6.45, 7) is 6.62. The van der Waals surface area contributed by atoms with E-state index in [0.717, 1.165) is 25.0 Å². The zero-order chi connectivity index (χ0) is 10.8. The van der Waals surface area contributed by atoms with Crippen molar-refractivity contribution >= 4 is 11.4 Å². The predicted molar refractivity (Wildman–Crippen MR) is 57.6 cm³/mol. The van der Waals surface area contributed by atoms with E-state index in [2.05, 4.69) is 31.0 Å². The molecule has 4 nitrogen and oxygen atoms in total. The summed E-state index contributed by atoms with van der Waals surface area (Å²) in [5.74, 6) is 5.76. The number of rotatable bonds is 0. The van der Waals surface area contributed by atoms with Crippen molar-refractivity contribution in [3.05, 3.63) is 0 Å². The summed E-state index contributed by atoms with van der Waals surface area (Å²) in [4.78, 5) is 0. The van der Waals surface area contributed by atoms with Gasteiger partial charge in [0.1, 0.15) is 5.71 Å². The van der Waals surface area contributed by atoms with E-state index < -0.39 is 0 Å². The molecule has 0 aromatic carbocycles. The number of hydrogen-bond donors (Lipinski definition) is 2. The first-order valence-corrected chi connectivity index (χ1v) is 4.97. The summed E-state index contributed by atoms with van der Waals surface area (Å²) in [5.41, 5.74) is 1.64. The zero-order valence-corrected chi connectivity index (χ0v) is 9.12. The molecule has 0 saturated heterocycles. The smallest absolute Gasteiger partial charge is 0.103 e. The van der Waals surface area contributed by atoms with Gasteiger partial charge in [0.2, 0.25) is 0 Å². The summed E-state index contributed by atoms with van der Waals surface area (Å²) in [5, 5.41) is 15.7. The second-order valence-electron chi connectivity index (χ2n) is 4.93. The van der Waals surface area contributed by atoms with E-state index in [1.165, 1.54) is 0 Å². The maximum absolute atomic E-state index is 8.83. The highest BCUT2D eigenvalue weighted by Gasteiger charge is 2.31. The van der Waals surface area contributed by atoms with Crippen LogP contribution in [0.3, 0.4) is 0 Å². The zero-order valence-electron chi connectivity index (χ0n) is 9.12. The van der Waals surface area contributed by atoms with Crippen molar-refractivity contribution in [1.29, 1.82) is 0 Å². The van der Waals surface area contributed by atoms with Crippen LogP contribution in [0.2, 0.25) is 0 Å². The average molecular weight is 197 g/mol. The normalized spacial score (nSPS) is 29.8. The Labute approximate surface area is 84.9 Å². The molecule has 1 aliphatic rings. The number of hydrazone groups is 1. The molecule has 0 aromatic rings. The summed E-state index contributed by atoms with van der Waals surface area (Å²) < 4.78 is 0. The summed E-state index contributed by atoms with van der Waals surface area (Å²) in [6, 6.07) is 0. The van der Waals surface area contributed by atoms with Crippen LogP contribution in [0.25, 0.3) is 0 Å². The van der Waals surface area contributed by atoms with E-state index in [1.807, 2.05) is 0 Å². The number of nitrogens with zero attached hydrogens (tertiary/aromatic N) is 2. The minimum Gasteiger partial charge on any atom is -0.411 e. The molecule has 4 heteroatoms. The van der Waals surface area contributed by atoms with E-state index in [1.54, 1.807) is 0 Å². The molecule has 0 heterocycles. The Hall–Kier alpha value is -1.06. The van der Waals surface area contributed by atoms with Gasteiger partial charge in [-0.15, -0.1) is 0 Å². The quantitative estimate of drug-likeness (QED) is 0.354. The Bertz CT molecular complexity index is 263. The van der Waals surface area contributed by atoms with Crippen LogP contribution >= 0.6 is 0 Å². The molecule has 1 atom stereocenters. The van der Waals surface area contributed by atoms with Gasteiger partial charge >= 0.3 is 0 Å². The van der Waals surface area contributed by atoms with Crippen molar-refractivity contribution < 1.29 is 5.21 Å². The fraction of sp³-hybridized carbons (Fsp3) is 0.800. The third-order valence-corrected chi connectivity index (χ3v) is 3.00. The minimum atomic E-state index is 0.246. The van der Waals surface area contributed by atoms with Crippen LogP contribution in [-0.4, -0.2) is 16.6 Å². The third-order valence-electron chi connectivity index (χ3n) is 3.00. The highest BCUT2D eigenvalue weighted by Crippen LogP contribution is 2.35. The van der Waals surface area contributed by atoms with Crippen molar-refractivity contribution in [3.8, 4) is 0 Å². The summed E-state index contributed by atoms with van der Waals surface area (Å²) in [6.07, 6.45) is 2.66. The molecule has 1 unspecified atom stereocenters. The Morgan fingerprint density at radius 3 is 2.43 bits per heavy atom. The van der Waals surface area contributed by atoms with Gasteiger partial charge in [-0.25, -0.2) is 0 Å². The van der Waals surface area contributed by atoms with Gasteiger partial charge in [0.15, 0.2) is 0 Å². The van der Waals surface area contributed by atoms with Crippen molar-refractivity contribution in [2.45, 2.75) is 40.0 Å². The number of oxime groups is 1. The average Bonchev–Trinajstić information content (AvgIpc) is 2.15.